The lowest BCUT2D eigenvalue weighted by Gasteiger charge is -2.26. The fourth-order valence-corrected chi connectivity index (χ4v) is 2.30. The van der Waals surface area contributed by atoms with E-state index in [1.807, 2.05) is 12.1 Å². The Kier molecular flexibility index (Phi) is 6.12. The Morgan fingerprint density at radius 3 is 2.63 bits per heavy atom. The quantitative estimate of drug-likeness (QED) is 0.893. The fourth-order valence-electron chi connectivity index (χ4n) is 2.30. The van der Waals surface area contributed by atoms with E-state index < -0.39 is 0 Å². The standard InChI is InChI=1S/C14H20N2O2.ClH/c1-18-13-4-2-3-10(9-13)14(17)16-12-7-5-11(15)6-8-12;/h2-4,9,11-12H,5-8,15H2,1H3,(H,16,17);1H. The second kappa shape index (κ2) is 7.36. The molecule has 0 spiro atoms. The Hall–Kier alpha value is -1.26. The molecule has 106 valence electrons. The Bertz CT molecular complexity index is 418. The fraction of sp³-hybridized carbons (Fsp3) is 0.500. The Balaban J connectivity index is 0.00000180. The van der Waals surface area contributed by atoms with Gasteiger partial charge >= 0.3 is 0 Å². The Labute approximate surface area is 120 Å². The second-order valence-corrected chi connectivity index (χ2v) is 4.82. The molecule has 1 aliphatic carbocycles. The average molecular weight is 285 g/mol. The van der Waals surface area contributed by atoms with Crippen LogP contribution in [0.25, 0.3) is 0 Å². The van der Waals surface area contributed by atoms with Crippen molar-refractivity contribution < 1.29 is 9.53 Å². The summed E-state index contributed by atoms with van der Waals surface area (Å²) in [7, 11) is 1.60. The molecule has 0 aliphatic heterocycles. The highest BCUT2D eigenvalue weighted by molar-refractivity contribution is 5.94. The summed E-state index contributed by atoms with van der Waals surface area (Å²) in [5, 5.41) is 3.06. The summed E-state index contributed by atoms with van der Waals surface area (Å²) >= 11 is 0. The molecule has 0 bridgehead atoms. The Morgan fingerprint density at radius 2 is 2.00 bits per heavy atom. The molecular formula is C14H21ClN2O2. The molecule has 0 unspecified atom stereocenters. The van der Waals surface area contributed by atoms with Gasteiger partial charge in [-0.15, -0.1) is 12.4 Å². The number of hydrogen-bond donors (Lipinski definition) is 2. The Morgan fingerprint density at radius 1 is 1.32 bits per heavy atom. The molecular weight excluding hydrogens is 264 g/mol. The first-order valence-corrected chi connectivity index (χ1v) is 6.39. The van der Waals surface area contributed by atoms with Crippen molar-refractivity contribution >= 4 is 18.3 Å². The monoisotopic (exact) mass is 284 g/mol. The summed E-state index contributed by atoms with van der Waals surface area (Å²) in [4.78, 5) is 12.1. The van der Waals surface area contributed by atoms with E-state index in [1.165, 1.54) is 0 Å². The number of nitrogens with one attached hydrogen (secondary N) is 1. The molecule has 0 atom stereocenters. The zero-order valence-electron chi connectivity index (χ0n) is 11.1. The van der Waals surface area contributed by atoms with Crippen LogP contribution in [-0.2, 0) is 0 Å². The third-order valence-electron chi connectivity index (χ3n) is 3.44. The van der Waals surface area contributed by atoms with Gasteiger partial charge in [-0.1, -0.05) is 6.07 Å². The van der Waals surface area contributed by atoms with E-state index in [4.69, 9.17) is 10.5 Å². The molecule has 1 fully saturated rings. The molecule has 2 rings (SSSR count). The molecule has 0 saturated heterocycles. The zero-order chi connectivity index (χ0) is 13.0. The molecule has 1 aromatic rings. The summed E-state index contributed by atoms with van der Waals surface area (Å²) in [6.45, 7) is 0. The molecule has 5 heteroatoms. The number of ether oxygens (including phenoxy) is 1. The number of hydrogen-bond acceptors (Lipinski definition) is 3. The van der Waals surface area contributed by atoms with E-state index in [0.29, 0.717) is 17.4 Å². The van der Waals surface area contributed by atoms with E-state index in [9.17, 15) is 4.79 Å². The lowest BCUT2D eigenvalue weighted by atomic mass is 9.91. The SMILES string of the molecule is COc1cccc(C(=O)NC2CCC(N)CC2)c1.Cl. The number of benzene rings is 1. The van der Waals surface area contributed by atoms with E-state index in [2.05, 4.69) is 5.32 Å². The summed E-state index contributed by atoms with van der Waals surface area (Å²) in [6.07, 6.45) is 3.92. The normalized spacial score (nSPS) is 22.2. The summed E-state index contributed by atoms with van der Waals surface area (Å²) < 4.78 is 5.11. The minimum Gasteiger partial charge on any atom is -0.497 e. The minimum atomic E-state index is -0.0330. The van der Waals surface area contributed by atoms with Crippen LogP contribution in [0.4, 0.5) is 0 Å². The van der Waals surface area contributed by atoms with Crippen LogP contribution in [-0.4, -0.2) is 25.1 Å². The van der Waals surface area contributed by atoms with Gasteiger partial charge in [0, 0.05) is 17.6 Å². The first-order valence-electron chi connectivity index (χ1n) is 6.39. The van der Waals surface area contributed by atoms with Crippen LogP contribution in [0.15, 0.2) is 24.3 Å². The zero-order valence-corrected chi connectivity index (χ0v) is 11.9. The van der Waals surface area contributed by atoms with Crippen molar-refractivity contribution in [2.24, 2.45) is 5.73 Å². The van der Waals surface area contributed by atoms with Crippen LogP contribution in [0.2, 0.25) is 0 Å². The predicted molar refractivity (Wildman–Crippen MR) is 77.9 cm³/mol. The minimum absolute atomic E-state index is 0. The molecule has 1 saturated carbocycles. The number of amides is 1. The molecule has 3 N–H and O–H groups in total. The van der Waals surface area contributed by atoms with Gasteiger partial charge in [0.05, 0.1) is 7.11 Å². The summed E-state index contributed by atoms with van der Waals surface area (Å²) in [6, 6.07) is 7.76. The van der Waals surface area contributed by atoms with Crippen molar-refractivity contribution in [3.63, 3.8) is 0 Å². The van der Waals surface area contributed by atoms with Gasteiger partial charge in [0.2, 0.25) is 0 Å². The van der Waals surface area contributed by atoms with Crippen molar-refractivity contribution in [1.29, 1.82) is 0 Å². The number of methoxy groups -OCH3 is 1. The number of rotatable bonds is 3. The van der Waals surface area contributed by atoms with Crippen molar-refractivity contribution in [1.82, 2.24) is 5.32 Å². The molecule has 0 aromatic heterocycles. The van der Waals surface area contributed by atoms with Gasteiger partial charge < -0.3 is 15.8 Å². The smallest absolute Gasteiger partial charge is 0.251 e. The molecule has 0 heterocycles. The number of nitrogens with two attached hydrogens (primary N) is 1. The summed E-state index contributed by atoms with van der Waals surface area (Å²) in [5.74, 6) is 0.669. The van der Waals surface area contributed by atoms with Gasteiger partial charge in [-0.25, -0.2) is 0 Å². The number of carbonyl (C=O) groups excluding carboxylic acids is 1. The van der Waals surface area contributed by atoms with Crippen LogP contribution >= 0.6 is 12.4 Å². The molecule has 1 amide bonds. The first kappa shape index (κ1) is 15.8. The van der Waals surface area contributed by atoms with E-state index in [0.717, 1.165) is 25.7 Å². The topological polar surface area (TPSA) is 64.3 Å². The number of halogens is 1. The van der Waals surface area contributed by atoms with Gasteiger partial charge in [-0.3, -0.25) is 4.79 Å². The maximum Gasteiger partial charge on any atom is 0.251 e. The van der Waals surface area contributed by atoms with Gasteiger partial charge in [0.1, 0.15) is 5.75 Å². The lowest BCUT2D eigenvalue weighted by molar-refractivity contribution is 0.0925. The average Bonchev–Trinajstić information content (AvgIpc) is 2.41. The maximum atomic E-state index is 12.1. The van der Waals surface area contributed by atoms with Gasteiger partial charge in [-0.05, 0) is 43.9 Å². The van der Waals surface area contributed by atoms with Crippen LogP contribution in [0, 0.1) is 0 Å². The molecule has 1 aliphatic rings. The van der Waals surface area contributed by atoms with Crippen LogP contribution in [0.5, 0.6) is 5.75 Å². The molecule has 1 aromatic carbocycles. The predicted octanol–water partition coefficient (Wildman–Crippen LogP) is 2.12. The third-order valence-corrected chi connectivity index (χ3v) is 3.44. The third kappa shape index (κ3) is 4.40. The van der Waals surface area contributed by atoms with Gasteiger partial charge in [0.25, 0.3) is 5.91 Å². The highest BCUT2D eigenvalue weighted by Crippen LogP contribution is 2.18. The maximum absolute atomic E-state index is 12.1. The van der Waals surface area contributed by atoms with Gasteiger partial charge in [-0.2, -0.15) is 0 Å². The lowest BCUT2D eigenvalue weighted by Crippen LogP contribution is -2.40. The highest BCUT2D eigenvalue weighted by atomic mass is 35.5. The van der Waals surface area contributed by atoms with Crippen molar-refractivity contribution in [3.8, 4) is 5.75 Å². The first-order chi connectivity index (χ1) is 8.69. The van der Waals surface area contributed by atoms with Crippen molar-refractivity contribution in [2.75, 3.05) is 7.11 Å². The van der Waals surface area contributed by atoms with Crippen molar-refractivity contribution in [3.05, 3.63) is 29.8 Å². The van der Waals surface area contributed by atoms with E-state index in [-0.39, 0.29) is 24.4 Å². The highest BCUT2D eigenvalue weighted by Gasteiger charge is 2.20. The molecule has 19 heavy (non-hydrogen) atoms. The van der Waals surface area contributed by atoms with Crippen molar-refractivity contribution in [2.45, 2.75) is 37.8 Å². The largest absolute Gasteiger partial charge is 0.497 e. The van der Waals surface area contributed by atoms with Gasteiger partial charge in [0.15, 0.2) is 0 Å². The van der Waals surface area contributed by atoms with Crippen LogP contribution in [0.1, 0.15) is 36.0 Å². The molecule has 4 nitrogen and oxygen atoms in total. The molecule has 0 radical (unpaired) electrons. The van der Waals surface area contributed by atoms with E-state index >= 15 is 0 Å². The number of carbonyl (C=O) groups is 1. The second-order valence-electron chi connectivity index (χ2n) is 4.82. The van der Waals surface area contributed by atoms with E-state index in [1.54, 1.807) is 19.2 Å². The summed E-state index contributed by atoms with van der Waals surface area (Å²) in [5.41, 5.74) is 6.49. The van der Waals surface area contributed by atoms with Crippen LogP contribution in [0.3, 0.4) is 0 Å². The van der Waals surface area contributed by atoms with Crippen LogP contribution < -0.4 is 15.8 Å².